The number of hydrogen-bond donors (Lipinski definition) is 2. The quantitative estimate of drug-likeness (QED) is 0.569. The fourth-order valence-electron chi connectivity index (χ4n) is 2.63. The number of rotatable bonds is 3. The van der Waals surface area contributed by atoms with Gasteiger partial charge in [-0.05, 0) is 19.9 Å². The maximum atomic E-state index is 10.8. The van der Waals surface area contributed by atoms with Crippen LogP contribution in [0.5, 0.6) is 0 Å². The molecule has 0 aromatic rings. The summed E-state index contributed by atoms with van der Waals surface area (Å²) in [6.07, 6.45) is 4.08. The number of hydrogen-bond acceptors (Lipinski definition) is 6. The minimum atomic E-state index is -1.26. The van der Waals surface area contributed by atoms with Crippen molar-refractivity contribution in [3.63, 3.8) is 0 Å². The number of carbonyl (C=O) groups excluding carboxylic acids is 1. The van der Waals surface area contributed by atoms with Crippen molar-refractivity contribution in [2.45, 2.75) is 37.9 Å². The zero-order valence-corrected chi connectivity index (χ0v) is 13.4. The van der Waals surface area contributed by atoms with Gasteiger partial charge in [0, 0.05) is 38.6 Å². The number of piperidine rings is 1. The van der Waals surface area contributed by atoms with E-state index >= 15 is 0 Å². The van der Waals surface area contributed by atoms with Gasteiger partial charge in [-0.1, -0.05) is 0 Å². The van der Waals surface area contributed by atoms with Crippen LogP contribution in [0.3, 0.4) is 0 Å². The third-order valence-corrected chi connectivity index (χ3v) is 3.77. The highest BCUT2D eigenvalue weighted by Gasteiger charge is 2.43. The molecule has 0 bridgehead atoms. The van der Waals surface area contributed by atoms with Crippen molar-refractivity contribution < 1.29 is 34.1 Å². The number of ether oxygens (including phenoxy) is 2. The maximum Gasteiger partial charge on any atom is 0.328 e. The molecule has 2 N–H and O–H groups in total. The van der Waals surface area contributed by atoms with Gasteiger partial charge >= 0.3 is 17.9 Å². The molecular formula is C15H23NO7. The number of likely N-dealkylation sites (tertiary alicyclic amines) is 1. The lowest BCUT2D eigenvalue weighted by Gasteiger charge is -2.36. The van der Waals surface area contributed by atoms with Crippen molar-refractivity contribution in [3.05, 3.63) is 12.2 Å². The number of carbonyl (C=O) groups is 3. The van der Waals surface area contributed by atoms with Gasteiger partial charge in [0.05, 0.1) is 12.2 Å². The van der Waals surface area contributed by atoms with Crippen molar-refractivity contribution in [2.75, 3.05) is 26.7 Å². The molecule has 2 heterocycles. The van der Waals surface area contributed by atoms with E-state index in [0.717, 1.165) is 32.4 Å². The summed E-state index contributed by atoms with van der Waals surface area (Å²) in [7, 11) is 2.13. The van der Waals surface area contributed by atoms with E-state index < -0.39 is 11.9 Å². The molecule has 1 spiro atoms. The smallest absolute Gasteiger partial charge is 0.328 e. The number of carboxylic acids is 2. The molecule has 2 rings (SSSR count). The van der Waals surface area contributed by atoms with Gasteiger partial charge in [0.25, 0.3) is 0 Å². The van der Waals surface area contributed by atoms with Crippen LogP contribution in [-0.4, -0.2) is 71.5 Å². The van der Waals surface area contributed by atoms with E-state index in [1.165, 1.54) is 6.92 Å². The Hall–Kier alpha value is -1.93. The molecule has 0 aromatic carbocycles. The Bertz CT molecular complexity index is 450. The molecule has 2 saturated heterocycles. The SMILES string of the molecule is CC(=O)OC1COC2(CCN(C)CC2)C1.O=C(O)/C=C/C(=O)O. The van der Waals surface area contributed by atoms with Gasteiger partial charge in [0.1, 0.15) is 6.10 Å². The Morgan fingerprint density at radius 1 is 1.17 bits per heavy atom. The summed E-state index contributed by atoms with van der Waals surface area (Å²) in [5.41, 5.74) is -0.00731. The number of carboxylic acid groups (broad SMARTS) is 2. The molecule has 0 radical (unpaired) electrons. The topological polar surface area (TPSA) is 113 Å². The van der Waals surface area contributed by atoms with E-state index in [-0.39, 0.29) is 17.7 Å². The summed E-state index contributed by atoms with van der Waals surface area (Å²) >= 11 is 0. The maximum absolute atomic E-state index is 10.8. The van der Waals surface area contributed by atoms with E-state index in [2.05, 4.69) is 11.9 Å². The molecule has 0 aromatic heterocycles. The van der Waals surface area contributed by atoms with E-state index in [0.29, 0.717) is 18.8 Å². The number of aliphatic carboxylic acids is 2. The average molecular weight is 329 g/mol. The Morgan fingerprint density at radius 3 is 2.13 bits per heavy atom. The van der Waals surface area contributed by atoms with Crippen LogP contribution in [-0.2, 0) is 23.9 Å². The third-order valence-electron chi connectivity index (χ3n) is 3.77. The van der Waals surface area contributed by atoms with Gasteiger partial charge in [-0.25, -0.2) is 9.59 Å². The van der Waals surface area contributed by atoms with Crippen LogP contribution in [0.4, 0.5) is 0 Å². The summed E-state index contributed by atoms with van der Waals surface area (Å²) in [5.74, 6) is -2.71. The second kappa shape index (κ2) is 8.64. The van der Waals surface area contributed by atoms with Crippen molar-refractivity contribution in [1.29, 1.82) is 0 Å². The van der Waals surface area contributed by atoms with Gasteiger partial charge in [-0.15, -0.1) is 0 Å². The minimum absolute atomic E-state index is 0.00731. The molecule has 2 aliphatic heterocycles. The van der Waals surface area contributed by atoms with Crippen LogP contribution in [0.15, 0.2) is 12.2 Å². The summed E-state index contributed by atoms with van der Waals surface area (Å²) in [4.78, 5) is 32.3. The van der Waals surface area contributed by atoms with Crippen LogP contribution in [0.2, 0.25) is 0 Å². The summed E-state index contributed by atoms with van der Waals surface area (Å²) < 4.78 is 11.0. The molecule has 23 heavy (non-hydrogen) atoms. The van der Waals surface area contributed by atoms with E-state index in [1.807, 2.05) is 0 Å². The lowest BCUT2D eigenvalue weighted by molar-refractivity contribution is -0.146. The van der Waals surface area contributed by atoms with E-state index in [1.54, 1.807) is 0 Å². The van der Waals surface area contributed by atoms with Gasteiger partial charge in [0.15, 0.2) is 0 Å². The fourth-order valence-corrected chi connectivity index (χ4v) is 2.63. The monoisotopic (exact) mass is 329 g/mol. The normalized spacial score (nSPS) is 23.3. The molecule has 0 aliphatic carbocycles. The Labute approximate surface area is 134 Å². The first-order valence-electron chi connectivity index (χ1n) is 7.36. The average Bonchev–Trinajstić information content (AvgIpc) is 2.83. The minimum Gasteiger partial charge on any atom is -0.478 e. The van der Waals surface area contributed by atoms with Gasteiger partial charge < -0.3 is 24.6 Å². The lowest BCUT2D eigenvalue weighted by atomic mass is 9.88. The van der Waals surface area contributed by atoms with E-state index in [9.17, 15) is 14.4 Å². The standard InChI is InChI=1S/C11H19NO3.C4H4O4/c1-9(13)15-10-7-11(14-8-10)3-5-12(2)6-4-11;5-3(6)1-2-4(7)8/h10H,3-8H2,1-2H3;1-2H,(H,5,6)(H,7,8)/b;2-1+. The first-order valence-corrected chi connectivity index (χ1v) is 7.36. The first kappa shape index (κ1) is 19.1. The van der Waals surface area contributed by atoms with Crippen LogP contribution < -0.4 is 0 Å². The second-order valence-corrected chi connectivity index (χ2v) is 5.74. The molecule has 0 saturated carbocycles. The fraction of sp³-hybridized carbons (Fsp3) is 0.667. The highest BCUT2D eigenvalue weighted by atomic mass is 16.6. The molecular weight excluding hydrogens is 306 g/mol. The predicted molar refractivity (Wildman–Crippen MR) is 80.0 cm³/mol. The van der Waals surface area contributed by atoms with Crippen LogP contribution in [0.1, 0.15) is 26.2 Å². The summed E-state index contributed by atoms with van der Waals surface area (Å²) in [5, 5.41) is 15.6. The Kier molecular flexibility index (Phi) is 7.18. The largest absolute Gasteiger partial charge is 0.478 e. The number of esters is 1. The molecule has 8 nitrogen and oxygen atoms in total. The van der Waals surface area contributed by atoms with Gasteiger partial charge in [-0.2, -0.15) is 0 Å². The number of nitrogens with zero attached hydrogens (tertiary/aromatic N) is 1. The van der Waals surface area contributed by atoms with Crippen molar-refractivity contribution >= 4 is 17.9 Å². The van der Waals surface area contributed by atoms with Crippen LogP contribution in [0.25, 0.3) is 0 Å². The predicted octanol–water partition coefficient (Wildman–Crippen LogP) is 0.515. The highest BCUT2D eigenvalue weighted by molar-refractivity contribution is 5.89. The molecule has 1 unspecified atom stereocenters. The second-order valence-electron chi connectivity index (χ2n) is 5.74. The van der Waals surface area contributed by atoms with Crippen LogP contribution >= 0.6 is 0 Å². The molecule has 0 amide bonds. The zero-order valence-electron chi connectivity index (χ0n) is 13.4. The summed E-state index contributed by atoms with van der Waals surface area (Å²) in [6, 6.07) is 0. The van der Waals surface area contributed by atoms with Crippen LogP contribution in [0, 0.1) is 0 Å². The first-order chi connectivity index (χ1) is 10.7. The van der Waals surface area contributed by atoms with Gasteiger partial charge in [0.2, 0.25) is 0 Å². The Balaban J connectivity index is 0.000000284. The lowest BCUT2D eigenvalue weighted by Crippen LogP contribution is -2.42. The molecule has 2 aliphatic rings. The molecule has 8 heteroatoms. The molecule has 1 atom stereocenters. The highest BCUT2D eigenvalue weighted by Crippen LogP contribution is 2.36. The van der Waals surface area contributed by atoms with Crippen molar-refractivity contribution in [2.24, 2.45) is 0 Å². The van der Waals surface area contributed by atoms with E-state index in [4.69, 9.17) is 19.7 Å². The van der Waals surface area contributed by atoms with Gasteiger partial charge in [-0.3, -0.25) is 4.79 Å². The Morgan fingerprint density at radius 2 is 1.70 bits per heavy atom. The van der Waals surface area contributed by atoms with Crippen molar-refractivity contribution in [3.8, 4) is 0 Å². The molecule has 130 valence electrons. The van der Waals surface area contributed by atoms with Crippen molar-refractivity contribution in [1.82, 2.24) is 4.90 Å². The summed E-state index contributed by atoms with van der Waals surface area (Å²) in [6.45, 7) is 4.18. The molecule has 2 fully saturated rings. The third kappa shape index (κ3) is 7.25. The zero-order chi connectivity index (χ0) is 17.5.